The van der Waals surface area contributed by atoms with Gasteiger partial charge in [0.2, 0.25) is 17.6 Å². The third-order valence-corrected chi connectivity index (χ3v) is 4.90. The van der Waals surface area contributed by atoms with E-state index in [0.29, 0.717) is 43.4 Å². The third-order valence-electron chi connectivity index (χ3n) is 4.90. The van der Waals surface area contributed by atoms with Crippen LogP contribution >= 0.6 is 0 Å². The second-order valence-electron chi connectivity index (χ2n) is 6.44. The fraction of sp³-hybridized carbons (Fsp3) is 0.500. The molecular weight excluding hydrogens is 362 g/mol. The van der Waals surface area contributed by atoms with E-state index < -0.39 is 0 Å². The maximum absolute atomic E-state index is 12.5. The molecule has 1 aliphatic heterocycles. The van der Waals surface area contributed by atoms with Crippen LogP contribution < -0.4 is 19.5 Å². The summed E-state index contributed by atoms with van der Waals surface area (Å²) in [6.45, 7) is 4.37. The Labute approximate surface area is 166 Å². The molecule has 0 radical (unpaired) electrons. The van der Waals surface area contributed by atoms with E-state index in [9.17, 15) is 9.59 Å². The first-order valence-corrected chi connectivity index (χ1v) is 9.17. The maximum atomic E-state index is 12.5. The van der Waals surface area contributed by atoms with Crippen molar-refractivity contribution in [3.05, 3.63) is 23.8 Å². The molecule has 1 unspecified atom stereocenters. The van der Waals surface area contributed by atoms with Gasteiger partial charge in [0.25, 0.3) is 0 Å². The van der Waals surface area contributed by atoms with Gasteiger partial charge in [-0.15, -0.1) is 0 Å². The van der Waals surface area contributed by atoms with E-state index in [1.165, 1.54) is 0 Å². The number of piperazine rings is 1. The van der Waals surface area contributed by atoms with E-state index in [0.717, 1.165) is 5.56 Å². The van der Waals surface area contributed by atoms with Crippen molar-refractivity contribution in [3.8, 4) is 17.2 Å². The number of carbonyl (C=O) groups excluding carboxylic acids is 2. The molecule has 1 aromatic rings. The van der Waals surface area contributed by atoms with Crippen molar-refractivity contribution in [2.24, 2.45) is 0 Å². The van der Waals surface area contributed by atoms with Crippen LogP contribution in [0.25, 0.3) is 6.08 Å². The van der Waals surface area contributed by atoms with Gasteiger partial charge in [0.15, 0.2) is 11.5 Å². The standard InChI is InChI=1S/C20H29N3O5/c1-14(20(25)21-2)22-8-10-23(11-9-22)18(24)7-6-15-12-16(26-3)19(28-5)17(13-15)27-4/h6-7,12-14H,8-11H2,1-5H3,(H,21,25)/b7-6+. The van der Waals surface area contributed by atoms with Crippen LogP contribution in [0.2, 0.25) is 0 Å². The molecule has 1 aliphatic rings. The first kappa shape index (κ1) is 21.6. The van der Waals surface area contributed by atoms with E-state index in [4.69, 9.17) is 14.2 Å². The van der Waals surface area contributed by atoms with Gasteiger partial charge in [-0.2, -0.15) is 0 Å². The molecule has 1 saturated heterocycles. The highest BCUT2D eigenvalue weighted by molar-refractivity contribution is 5.92. The summed E-state index contributed by atoms with van der Waals surface area (Å²) in [5, 5.41) is 2.66. The maximum Gasteiger partial charge on any atom is 0.246 e. The van der Waals surface area contributed by atoms with Crippen LogP contribution in [-0.4, -0.2) is 82.2 Å². The zero-order chi connectivity index (χ0) is 20.7. The van der Waals surface area contributed by atoms with Gasteiger partial charge in [-0.3, -0.25) is 14.5 Å². The van der Waals surface area contributed by atoms with E-state index >= 15 is 0 Å². The van der Waals surface area contributed by atoms with Crippen LogP contribution in [0.4, 0.5) is 0 Å². The topological polar surface area (TPSA) is 80.3 Å². The molecule has 1 fully saturated rings. The Morgan fingerprint density at radius 1 is 1.04 bits per heavy atom. The number of amides is 2. The Morgan fingerprint density at radius 3 is 2.07 bits per heavy atom. The normalized spacial score (nSPS) is 16.0. The molecule has 28 heavy (non-hydrogen) atoms. The van der Waals surface area contributed by atoms with Gasteiger partial charge in [-0.25, -0.2) is 0 Å². The number of likely N-dealkylation sites (N-methyl/N-ethyl adjacent to an activating group) is 1. The minimum Gasteiger partial charge on any atom is -0.493 e. The van der Waals surface area contributed by atoms with Crippen molar-refractivity contribution in [1.82, 2.24) is 15.1 Å². The number of carbonyl (C=O) groups is 2. The minimum atomic E-state index is -0.197. The number of hydrogen-bond acceptors (Lipinski definition) is 6. The molecule has 8 nitrogen and oxygen atoms in total. The monoisotopic (exact) mass is 391 g/mol. The van der Waals surface area contributed by atoms with Crippen LogP contribution in [0.3, 0.4) is 0 Å². The highest BCUT2D eigenvalue weighted by Gasteiger charge is 2.26. The van der Waals surface area contributed by atoms with Crippen molar-refractivity contribution in [3.63, 3.8) is 0 Å². The Bertz CT molecular complexity index is 702. The van der Waals surface area contributed by atoms with E-state index in [2.05, 4.69) is 10.2 Å². The van der Waals surface area contributed by atoms with Crippen molar-refractivity contribution in [2.75, 3.05) is 54.6 Å². The van der Waals surface area contributed by atoms with Crippen LogP contribution in [0.15, 0.2) is 18.2 Å². The van der Waals surface area contributed by atoms with Gasteiger partial charge in [0.1, 0.15) is 0 Å². The number of ether oxygens (including phenoxy) is 3. The summed E-state index contributed by atoms with van der Waals surface area (Å²) >= 11 is 0. The molecule has 0 bridgehead atoms. The average molecular weight is 391 g/mol. The largest absolute Gasteiger partial charge is 0.493 e. The molecule has 2 amide bonds. The molecule has 1 aromatic carbocycles. The second-order valence-corrected chi connectivity index (χ2v) is 6.44. The fourth-order valence-electron chi connectivity index (χ4n) is 3.17. The van der Waals surface area contributed by atoms with Crippen LogP contribution in [0, 0.1) is 0 Å². The molecule has 8 heteroatoms. The van der Waals surface area contributed by atoms with Crippen molar-refractivity contribution >= 4 is 17.9 Å². The molecule has 0 spiro atoms. The summed E-state index contributed by atoms with van der Waals surface area (Å²) in [6, 6.07) is 3.37. The molecule has 1 atom stereocenters. The highest BCUT2D eigenvalue weighted by atomic mass is 16.5. The minimum absolute atomic E-state index is 0.0120. The molecule has 1 N–H and O–H groups in total. The number of hydrogen-bond donors (Lipinski definition) is 1. The number of nitrogens with zero attached hydrogens (tertiary/aromatic N) is 2. The van der Waals surface area contributed by atoms with E-state index in [1.807, 2.05) is 6.92 Å². The Hall–Kier alpha value is -2.74. The lowest BCUT2D eigenvalue weighted by Crippen LogP contribution is -2.54. The van der Waals surface area contributed by atoms with Crippen LogP contribution in [0.1, 0.15) is 12.5 Å². The fourth-order valence-corrected chi connectivity index (χ4v) is 3.17. The summed E-state index contributed by atoms with van der Waals surface area (Å²) in [5.74, 6) is 1.49. The quantitative estimate of drug-likeness (QED) is 0.699. The zero-order valence-corrected chi connectivity index (χ0v) is 17.2. The summed E-state index contributed by atoms with van der Waals surface area (Å²) in [6.07, 6.45) is 3.27. The van der Waals surface area contributed by atoms with Crippen LogP contribution in [0.5, 0.6) is 17.2 Å². The Kier molecular flexibility index (Phi) is 7.69. The average Bonchev–Trinajstić information content (AvgIpc) is 2.75. The molecule has 1 heterocycles. The van der Waals surface area contributed by atoms with Gasteiger partial charge in [-0.05, 0) is 30.7 Å². The lowest BCUT2D eigenvalue weighted by atomic mass is 10.1. The van der Waals surface area contributed by atoms with E-state index in [-0.39, 0.29) is 17.9 Å². The molecule has 0 aliphatic carbocycles. The van der Waals surface area contributed by atoms with Crippen molar-refractivity contribution in [1.29, 1.82) is 0 Å². The van der Waals surface area contributed by atoms with Gasteiger partial charge < -0.3 is 24.4 Å². The lowest BCUT2D eigenvalue weighted by molar-refractivity contribution is -0.130. The molecule has 154 valence electrons. The molecule has 2 rings (SSSR count). The lowest BCUT2D eigenvalue weighted by Gasteiger charge is -2.36. The number of benzene rings is 1. The first-order valence-electron chi connectivity index (χ1n) is 9.17. The Morgan fingerprint density at radius 2 is 1.61 bits per heavy atom. The molecular formula is C20H29N3O5. The van der Waals surface area contributed by atoms with Crippen molar-refractivity contribution in [2.45, 2.75) is 13.0 Å². The number of nitrogens with one attached hydrogen (secondary N) is 1. The van der Waals surface area contributed by atoms with Gasteiger partial charge in [0, 0.05) is 39.3 Å². The third kappa shape index (κ3) is 4.95. The summed E-state index contributed by atoms with van der Waals surface area (Å²) in [4.78, 5) is 28.1. The van der Waals surface area contributed by atoms with Gasteiger partial charge >= 0.3 is 0 Å². The van der Waals surface area contributed by atoms with Gasteiger partial charge in [-0.1, -0.05) is 0 Å². The molecule has 0 aromatic heterocycles. The van der Waals surface area contributed by atoms with Gasteiger partial charge in [0.05, 0.1) is 27.4 Å². The van der Waals surface area contributed by atoms with Crippen molar-refractivity contribution < 1.29 is 23.8 Å². The number of rotatable bonds is 7. The first-order chi connectivity index (χ1) is 13.4. The second kappa shape index (κ2) is 9.98. The Balaban J connectivity index is 2.02. The highest BCUT2D eigenvalue weighted by Crippen LogP contribution is 2.38. The molecule has 0 saturated carbocycles. The predicted octanol–water partition coefficient (Wildman–Crippen LogP) is 1.00. The summed E-state index contributed by atoms with van der Waals surface area (Å²) in [7, 11) is 6.28. The zero-order valence-electron chi connectivity index (χ0n) is 17.2. The summed E-state index contributed by atoms with van der Waals surface area (Å²) < 4.78 is 16.0. The number of methoxy groups -OCH3 is 3. The summed E-state index contributed by atoms with van der Waals surface area (Å²) in [5.41, 5.74) is 0.773. The predicted molar refractivity (Wildman–Crippen MR) is 107 cm³/mol. The smallest absolute Gasteiger partial charge is 0.246 e. The van der Waals surface area contributed by atoms with E-state index in [1.54, 1.807) is 57.6 Å². The SMILES string of the molecule is CNC(=O)C(C)N1CCN(C(=O)/C=C/c2cc(OC)c(OC)c(OC)c2)CC1. The van der Waals surface area contributed by atoms with Crippen LogP contribution in [-0.2, 0) is 9.59 Å².